The molecule has 3 rings (SSSR count). The van der Waals surface area contributed by atoms with Crippen LogP contribution in [0.1, 0.15) is 73.8 Å². The van der Waals surface area contributed by atoms with Crippen LogP contribution in [0.2, 0.25) is 0 Å². The smallest absolute Gasteiger partial charge is 0.336 e. The summed E-state index contributed by atoms with van der Waals surface area (Å²) in [5.74, 6) is -0.685. The van der Waals surface area contributed by atoms with E-state index in [9.17, 15) is 23.5 Å². The van der Waals surface area contributed by atoms with E-state index in [1.807, 2.05) is 32.9 Å². The molecule has 0 saturated heterocycles. The lowest BCUT2D eigenvalue weighted by molar-refractivity contribution is 0.0697. The number of carboxylic acid groups (broad SMARTS) is 1. The van der Waals surface area contributed by atoms with Gasteiger partial charge in [0.2, 0.25) is 0 Å². The highest BCUT2D eigenvalue weighted by molar-refractivity contribution is 5.95. The summed E-state index contributed by atoms with van der Waals surface area (Å²) in [6.45, 7) is 6.50. The molecule has 1 heterocycles. The normalized spacial score (nSPS) is 11.5. The van der Waals surface area contributed by atoms with Crippen molar-refractivity contribution in [3.8, 4) is 11.1 Å². The van der Waals surface area contributed by atoms with Crippen LogP contribution < -0.4 is 5.69 Å². The second-order valence-electron chi connectivity index (χ2n) is 8.99. The molecule has 7 heteroatoms. The lowest BCUT2D eigenvalue weighted by Crippen LogP contribution is -2.26. The Morgan fingerprint density at radius 1 is 1.03 bits per heavy atom. The fourth-order valence-electron chi connectivity index (χ4n) is 4.18. The summed E-state index contributed by atoms with van der Waals surface area (Å²) in [6.07, 6.45) is -0.133. The molecule has 5 nitrogen and oxygen atoms in total. The topological polar surface area (TPSA) is 64.2 Å². The zero-order chi connectivity index (χ0) is 24.8. The Labute approximate surface area is 198 Å². The minimum absolute atomic E-state index is 0.161. The van der Waals surface area contributed by atoms with Crippen molar-refractivity contribution in [3.05, 3.63) is 81.5 Å². The summed E-state index contributed by atoms with van der Waals surface area (Å²) in [5, 5.41) is 9.46. The molecular formula is C27H32F2N2O3. The maximum Gasteiger partial charge on any atom is 0.336 e. The first-order valence-corrected chi connectivity index (χ1v) is 11.8. The van der Waals surface area contributed by atoms with Crippen molar-refractivity contribution in [1.29, 1.82) is 0 Å². The number of alkyl halides is 2. The maximum atomic E-state index is 14.1. The molecule has 0 radical (unpaired) electrons. The predicted octanol–water partition coefficient (Wildman–Crippen LogP) is 6.39. The average Bonchev–Trinajstić information content (AvgIpc) is 3.07. The molecule has 0 unspecified atom stereocenters. The van der Waals surface area contributed by atoms with Gasteiger partial charge >= 0.3 is 11.7 Å². The van der Waals surface area contributed by atoms with Gasteiger partial charge in [0.05, 0.1) is 12.1 Å². The number of benzene rings is 2. The van der Waals surface area contributed by atoms with Crippen molar-refractivity contribution in [1.82, 2.24) is 9.13 Å². The number of aromatic carboxylic acids is 1. The van der Waals surface area contributed by atoms with Crippen molar-refractivity contribution < 1.29 is 18.7 Å². The largest absolute Gasteiger partial charge is 0.478 e. The number of imidazole rings is 1. The second kappa shape index (κ2) is 11.3. The minimum Gasteiger partial charge on any atom is -0.478 e. The molecule has 0 saturated carbocycles. The summed E-state index contributed by atoms with van der Waals surface area (Å²) in [7, 11) is 0. The quantitative estimate of drug-likeness (QED) is 0.353. The first kappa shape index (κ1) is 25.4. The van der Waals surface area contributed by atoms with Crippen LogP contribution in [0.3, 0.4) is 0 Å². The van der Waals surface area contributed by atoms with Gasteiger partial charge in [0, 0.05) is 12.2 Å². The van der Waals surface area contributed by atoms with Crippen LogP contribution in [0.25, 0.3) is 11.1 Å². The Morgan fingerprint density at radius 3 is 2.29 bits per heavy atom. The lowest BCUT2D eigenvalue weighted by atomic mass is 9.98. The zero-order valence-corrected chi connectivity index (χ0v) is 19.9. The molecule has 0 amide bonds. The number of carbonyl (C=O) groups is 1. The molecule has 1 aromatic heterocycles. The van der Waals surface area contributed by atoms with E-state index in [1.165, 1.54) is 9.13 Å². The molecular weight excluding hydrogens is 438 g/mol. The summed E-state index contributed by atoms with van der Waals surface area (Å²) >= 11 is 0. The molecule has 1 N–H and O–H groups in total. The van der Waals surface area contributed by atoms with E-state index in [1.54, 1.807) is 36.4 Å². The average molecular weight is 471 g/mol. The summed E-state index contributed by atoms with van der Waals surface area (Å²) < 4.78 is 30.9. The molecule has 0 atom stereocenters. The molecule has 2 aromatic carbocycles. The Kier molecular flexibility index (Phi) is 8.42. The molecule has 0 aliphatic heterocycles. The highest BCUT2D eigenvalue weighted by atomic mass is 19.3. The van der Waals surface area contributed by atoms with Crippen LogP contribution in [0.15, 0.2) is 53.3 Å². The number of unbranched alkanes of at least 4 members (excludes halogenated alkanes) is 1. The number of halogens is 2. The van der Waals surface area contributed by atoms with Crippen LogP contribution in [0.5, 0.6) is 0 Å². The van der Waals surface area contributed by atoms with E-state index in [2.05, 4.69) is 0 Å². The van der Waals surface area contributed by atoms with Crippen molar-refractivity contribution in [3.63, 3.8) is 0 Å². The van der Waals surface area contributed by atoms with Crippen LogP contribution in [-0.4, -0.2) is 20.2 Å². The summed E-state index contributed by atoms with van der Waals surface area (Å²) in [5.41, 5.74) is 2.18. The van der Waals surface area contributed by atoms with Crippen molar-refractivity contribution in [2.24, 2.45) is 5.92 Å². The zero-order valence-electron chi connectivity index (χ0n) is 19.9. The molecule has 0 aliphatic carbocycles. The van der Waals surface area contributed by atoms with Gasteiger partial charge in [-0.3, -0.25) is 9.13 Å². The molecule has 0 bridgehead atoms. The number of nitrogens with zero attached hydrogens (tertiary/aromatic N) is 2. The van der Waals surface area contributed by atoms with E-state index < -0.39 is 18.1 Å². The van der Waals surface area contributed by atoms with E-state index in [0.717, 1.165) is 17.5 Å². The Balaban J connectivity index is 2.00. The lowest BCUT2D eigenvalue weighted by Gasteiger charge is -2.12. The van der Waals surface area contributed by atoms with Gasteiger partial charge in [-0.25, -0.2) is 18.4 Å². The molecule has 0 aliphatic rings. The van der Waals surface area contributed by atoms with Gasteiger partial charge in [-0.1, -0.05) is 69.7 Å². The Hall–Kier alpha value is -3.22. The van der Waals surface area contributed by atoms with Gasteiger partial charge in [-0.05, 0) is 47.9 Å². The number of aromatic nitrogens is 2. The first-order chi connectivity index (χ1) is 16.2. The number of rotatable bonds is 11. The van der Waals surface area contributed by atoms with Gasteiger partial charge in [0.15, 0.2) is 0 Å². The van der Waals surface area contributed by atoms with Crippen molar-refractivity contribution in [2.75, 3.05) is 0 Å². The van der Waals surface area contributed by atoms with E-state index in [4.69, 9.17) is 0 Å². The van der Waals surface area contributed by atoms with Crippen LogP contribution in [-0.2, 0) is 19.5 Å². The summed E-state index contributed by atoms with van der Waals surface area (Å²) in [4.78, 5) is 24.8. The molecule has 34 heavy (non-hydrogen) atoms. The number of hydrogen-bond donors (Lipinski definition) is 1. The SMILES string of the molecule is CCCCn1c(C(F)F)c(CCC(C)C)n(Cc2ccc(-c3ccccc3C(=O)O)cc2)c1=O. The third-order valence-electron chi connectivity index (χ3n) is 6.04. The number of carboxylic acids is 1. The van der Waals surface area contributed by atoms with E-state index in [-0.39, 0.29) is 24.3 Å². The monoisotopic (exact) mass is 470 g/mol. The maximum absolute atomic E-state index is 14.1. The van der Waals surface area contributed by atoms with Crippen molar-refractivity contribution >= 4 is 5.97 Å². The van der Waals surface area contributed by atoms with Gasteiger partial charge in [0.25, 0.3) is 6.43 Å². The van der Waals surface area contributed by atoms with Crippen LogP contribution >= 0.6 is 0 Å². The van der Waals surface area contributed by atoms with Gasteiger partial charge < -0.3 is 5.11 Å². The third-order valence-corrected chi connectivity index (χ3v) is 6.04. The molecule has 0 fully saturated rings. The standard InChI is InChI=1S/C27H32F2N2O3/c1-4-5-16-30-24(25(28)29)23(15-10-18(2)3)31(27(30)34)17-19-11-13-20(14-12-19)21-8-6-7-9-22(21)26(32)33/h6-9,11-14,18,25H,4-5,10,15-17H2,1-3H3,(H,32,33). The van der Waals surface area contributed by atoms with Gasteiger partial charge in [-0.15, -0.1) is 0 Å². The van der Waals surface area contributed by atoms with Gasteiger partial charge in [-0.2, -0.15) is 0 Å². The first-order valence-electron chi connectivity index (χ1n) is 11.8. The Morgan fingerprint density at radius 2 is 1.71 bits per heavy atom. The fourth-order valence-corrected chi connectivity index (χ4v) is 4.18. The minimum atomic E-state index is -2.72. The molecule has 3 aromatic rings. The third kappa shape index (κ3) is 5.64. The highest BCUT2D eigenvalue weighted by Gasteiger charge is 2.26. The van der Waals surface area contributed by atoms with E-state index >= 15 is 0 Å². The number of hydrogen-bond acceptors (Lipinski definition) is 2. The second-order valence-corrected chi connectivity index (χ2v) is 8.99. The Bertz CT molecular complexity index is 1180. The highest BCUT2D eigenvalue weighted by Crippen LogP contribution is 2.27. The summed E-state index contributed by atoms with van der Waals surface area (Å²) in [6, 6.07) is 14.0. The van der Waals surface area contributed by atoms with E-state index in [0.29, 0.717) is 36.4 Å². The predicted molar refractivity (Wildman–Crippen MR) is 130 cm³/mol. The van der Waals surface area contributed by atoms with Crippen LogP contribution in [0, 0.1) is 5.92 Å². The molecule has 182 valence electrons. The fraction of sp³-hybridized carbons (Fsp3) is 0.407. The van der Waals surface area contributed by atoms with Gasteiger partial charge in [0.1, 0.15) is 5.69 Å². The van der Waals surface area contributed by atoms with Crippen molar-refractivity contribution in [2.45, 2.75) is 66.0 Å². The molecule has 0 spiro atoms. The van der Waals surface area contributed by atoms with Crippen LogP contribution in [0.4, 0.5) is 8.78 Å².